The zero-order valence-corrected chi connectivity index (χ0v) is 14.0. The third-order valence-corrected chi connectivity index (χ3v) is 5.45. The first-order chi connectivity index (χ1) is 10.3. The number of thiophene rings is 1. The molecule has 0 amide bonds. The van der Waals surface area contributed by atoms with Crippen LogP contribution < -0.4 is 5.32 Å². The monoisotopic (exact) mass is 361 g/mol. The maximum Gasteiger partial charge on any atom is 0.0677 e. The van der Waals surface area contributed by atoms with E-state index in [-0.39, 0.29) is 0 Å². The number of hydrogen-bond donors (Lipinski definition) is 1. The van der Waals surface area contributed by atoms with Crippen LogP contribution >= 0.6 is 27.3 Å². The first-order valence-electron chi connectivity index (χ1n) is 7.20. The Balaban J connectivity index is 1.70. The Hall–Kier alpha value is -1.17. The van der Waals surface area contributed by atoms with Crippen LogP contribution in [0.4, 0.5) is 0 Å². The minimum absolute atomic E-state index is 0.738. The molecular formula is C16H16BrN3S. The van der Waals surface area contributed by atoms with Crippen LogP contribution in [-0.2, 0) is 13.1 Å². The molecule has 108 valence electrons. The van der Waals surface area contributed by atoms with Crippen molar-refractivity contribution in [3.05, 3.63) is 51.6 Å². The summed E-state index contributed by atoms with van der Waals surface area (Å²) in [6.07, 6.45) is 6.53. The van der Waals surface area contributed by atoms with E-state index < -0.39 is 0 Å². The molecule has 0 spiro atoms. The van der Waals surface area contributed by atoms with Crippen LogP contribution in [0.15, 0.2) is 41.1 Å². The third-order valence-electron chi connectivity index (χ3n) is 3.83. The van der Waals surface area contributed by atoms with E-state index in [1.807, 2.05) is 28.4 Å². The van der Waals surface area contributed by atoms with Crippen LogP contribution in [0, 0.1) is 0 Å². The van der Waals surface area contributed by atoms with E-state index >= 15 is 0 Å². The Labute approximate surface area is 136 Å². The molecule has 1 fully saturated rings. The number of rotatable bonds is 5. The summed E-state index contributed by atoms with van der Waals surface area (Å²) in [5.74, 6) is 0. The number of aromatic nitrogens is 2. The van der Waals surface area contributed by atoms with Crippen molar-refractivity contribution in [1.29, 1.82) is 0 Å². The van der Waals surface area contributed by atoms with Crippen LogP contribution in [-0.4, -0.2) is 15.8 Å². The van der Waals surface area contributed by atoms with E-state index in [0.717, 1.165) is 23.6 Å². The summed E-state index contributed by atoms with van der Waals surface area (Å²) in [5, 5.41) is 9.40. The molecule has 0 aliphatic heterocycles. The van der Waals surface area contributed by atoms with Gasteiger partial charge in [0.05, 0.1) is 17.2 Å². The molecule has 1 N–H and O–H groups in total. The minimum atomic E-state index is 0.738. The van der Waals surface area contributed by atoms with Crippen LogP contribution in [0.3, 0.4) is 0 Å². The molecule has 1 saturated carbocycles. The lowest BCUT2D eigenvalue weighted by atomic mass is 10.1. The molecule has 2 aromatic heterocycles. The van der Waals surface area contributed by atoms with Crippen molar-refractivity contribution in [1.82, 2.24) is 15.1 Å². The van der Waals surface area contributed by atoms with Crippen LogP contribution in [0.1, 0.15) is 23.3 Å². The lowest BCUT2D eigenvalue weighted by Gasteiger charge is -2.06. The van der Waals surface area contributed by atoms with Gasteiger partial charge < -0.3 is 5.32 Å². The molecule has 0 atom stereocenters. The van der Waals surface area contributed by atoms with Gasteiger partial charge in [0, 0.05) is 28.4 Å². The first-order valence-corrected chi connectivity index (χ1v) is 8.81. The van der Waals surface area contributed by atoms with Crippen LogP contribution in [0.25, 0.3) is 10.1 Å². The smallest absolute Gasteiger partial charge is 0.0677 e. The fraction of sp³-hybridized carbons (Fsp3) is 0.312. The normalized spacial score (nSPS) is 14.9. The van der Waals surface area contributed by atoms with E-state index in [1.54, 1.807) is 0 Å². The van der Waals surface area contributed by atoms with Crippen molar-refractivity contribution in [3.8, 4) is 0 Å². The maximum absolute atomic E-state index is 4.40. The van der Waals surface area contributed by atoms with E-state index in [2.05, 4.69) is 50.6 Å². The number of hydrogen-bond acceptors (Lipinski definition) is 3. The molecule has 0 radical (unpaired) electrons. The van der Waals surface area contributed by atoms with Gasteiger partial charge in [0.15, 0.2) is 0 Å². The Bertz CT molecular complexity index is 773. The highest BCUT2D eigenvalue weighted by atomic mass is 79.9. The summed E-state index contributed by atoms with van der Waals surface area (Å²) in [6.45, 7) is 1.80. The predicted molar refractivity (Wildman–Crippen MR) is 90.7 cm³/mol. The van der Waals surface area contributed by atoms with Gasteiger partial charge in [-0.2, -0.15) is 5.10 Å². The second kappa shape index (κ2) is 5.55. The van der Waals surface area contributed by atoms with Crippen molar-refractivity contribution >= 4 is 37.4 Å². The summed E-state index contributed by atoms with van der Waals surface area (Å²) >= 11 is 5.37. The van der Waals surface area contributed by atoms with Crippen LogP contribution in [0.2, 0.25) is 0 Å². The molecule has 3 nitrogen and oxygen atoms in total. The van der Waals surface area contributed by atoms with E-state index in [0.29, 0.717) is 0 Å². The molecule has 21 heavy (non-hydrogen) atoms. The maximum atomic E-state index is 4.40. The largest absolute Gasteiger partial charge is 0.309 e. The average molecular weight is 362 g/mol. The highest BCUT2D eigenvalue weighted by Gasteiger charge is 2.21. The fourth-order valence-corrected chi connectivity index (χ4v) is 4.07. The number of nitrogens with zero attached hydrogens (tertiary/aromatic N) is 2. The fourth-order valence-electron chi connectivity index (χ4n) is 2.58. The first kappa shape index (κ1) is 13.5. The summed E-state index contributed by atoms with van der Waals surface area (Å²) in [6, 6.07) is 9.41. The molecule has 3 aromatic rings. The van der Waals surface area contributed by atoms with Gasteiger partial charge in [0.2, 0.25) is 0 Å². The highest BCUT2D eigenvalue weighted by molar-refractivity contribution is 9.10. The Morgan fingerprint density at radius 1 is 1.33 bits per heavy atom. The molecule has 0 bridgehead atoms. The lowest BCUT2D eigenvalue weighted by molar-refractivity contribution is 0.663. The minimum Gasteiger partial charge on any atom is -0.309 e. The molecular weight excluding hydrogens is 346 g/mol. The number of fused-ring (bicyclic) bond motifs is 1. The van der Waals surface area contributed by atoms with E-state index in [9.17, 15) is 0 Å². The third kappa shape index (κ3) is 2.91. The van der Waals surface area contributed by atoms with Crippen LogP contribution in [0.5, 0.6) is 0 Å². The van der Waals surface area contributed by atoms with Gasteiger partial charge in [0.25, 0.3) is 0 Å². The topological polar surface area (TPSA) is 29.9 Å². The molecule has 2 heterocycles. The van der Waals surface area contributed by atoms with Crippen molar-refractivity contribution in [2.75, 3.05) is 0 Å². The van der Waals surface area contributed by atoms with Crippen molar-refractivity contribution in [3.63, 3.8) is 0 Å². The molecule has 1 aliphatic rings. The van der Waals surface area contributed by atoms with Gasteiger partial charge in [-0.05, 0) is 45.8 Å². The quantitative estimate of drug-likeness (QED) is 0.739. The van der Waals surface area contributed by atoms with Crippen molar-refractivity contribution in [2.24, 2.45) is 0 Å². The second-order valence-corrected chi connectivity index (χ2v) is 7.56. The van der Waals surface area contributed by atoms with Gasteiger partial charge in [-0.15, -0.1) is 11.3 Å². The van der Waals surface area contributed by atoms with Gasteiger partial charge in [-0.1, -0.05) is 18.2 Å². The molecule has 0 unspecified atom stereocenters. The summed E-state index contributed by atoms with van der Waals surface area (Å²) < 4.78 is 4.39. The van der Waals surface area contributed by atoms with Gasteiger partial charge in [-0.25, -0.2) is 0 Å². The molecule has 1 aromatic carbocycles. The van der Waals surface area contributed by atoms with Gasteiger partial charge >= 0.3 is 0 Å². The zero-order chi connectivity index (χ0) is 14.2. The number of halogens is 1. The summed E-state index contributed by atoms with van der Waals surface area (Å²) in [4.78, 5) is 1.44. The van der Waals surface area contributed by atoms with Crippen molar-refractivity contribution in [2.45, 2.75) is 32.0 Å². The van der Waals surface area contributed by atoms with E-state index in [4.69, 9.17) is 0 Å². The molecule has 1 aliphatic carbocycles. The predicted octanol–water partition coefficient (Wildman–Crippen LogP) is 4.16. The Morgan fingerprint density at radius 3 is 2.95 bits per heavy atom. The van der Waals surface area contributed by atoms with Gasteiger partial charge in [0.1, 0.15) is 0 Å². The molecule has 0 saturated heterocycles. The SMILES string of the molecule is Brc1cnn(Cc2c(CNC3CC3)sc3ccccc23)c1. The number of nitrogens with one attached hydrogen (secondary N) is 1. The highest BCUT2D eigenvalue weighted by Crippen LogP contribution is 2.32. The molecule has 4 rings (SSSR count). The number of benzene rings is 1. The average Bonchev–Trinajstić information content (AvgIpc) is 3.14. The van der Waals surface area contributed by atoms with E-state index in [1.165, 1.54) is 33.4 Å². The Morgan fingerprint density at radius 2 is 2.19 bits per heavy atom. The second-order valence-electron chi connectivity index (χ2n) is 5.51. The summed E-state index contributed by atoms with van der Waals surface area (Å²) in [7, 11) is 0. The Kier molecular flexibility index (Phi) is 3.57. The van der Waals surface area contributed by atoms with Crippen molar-refractivity contribution < 1.29 is 0 Å². The lowest BCUT2D eigenvalue weighted by Crippen LogP contribution is -2.16. The summed E-state index contributed by atoms with van der Waals surface area (Å²) in [5.41, 5.74) is 1.40. The molecule has 5 heteroatoms. The standard InChI is InChI=1S/C16H16BrN3S/c17-11-7-19-20(9-11)10-14-13-3-1-2-4-15(13)21-16(14)8-18-12-5-6-12/h1-4,7,9,12,18H,5-6,8,10H2. The van der Waals surface area contributed by atoms with Gasteiger partial charge in [-0.3, -0.25) is 4.68 Å². The zero-order valence-electron chi connectivity index (χ0n) is 11.6.